The molecule has 0 amide bonds. The topological polar surface area (TPSA) is 9.23 Å². The summed E-state index contributed by atoms with van der Waals surface area (Å²) in [5.74, 6) is -0.607. The zero-order valence-electron chi connectivity index (χ0n) is 21.9. The van der Waals surface area contributed by atoms with E-state index in [0.717, 1.165) is 12.8 Å². The van der Waals surface area contributed by atoms with Crippen LogP contribution in [0.25, 0.3) is 11.1 Å². The molecule has 0 aliphatic heterocycles. The minimum Gasteiger partial charge on any atom is -0.491 e. The molecule has 3 rings (SSSR count). The summed E-state index contributed by atoms with van der Waals surface area (Å²) in [6.45, 7) is 1.88. The van der Waals surface area contributed by atoms with Gasteiger partial charge in [0.2, 0.25) is 5.82 Å². The Labute approximate surface area is 216 Å². The van der Waals surface area contributed by atoms with E-state index in [4.69, 9.17) is 4.74 Å². The van der Waals surface area contributed by atoms with Crippen molar-refractivity contribution >= 4 is 0 Å². The fourth-order valence-electron chi connectivity index (χ4n) is 5.31. The summed E-state index contributed by atoms with van der Waals surface area (Å²) in [5.41, 5.74) is 2.24. The maximum absolute atomic E-state index is 14.6. The van der Waals surface area contributed by atoms with Gasteiger partial charge in [0, 0.05) is 5.56 Å². The number of hydrogen-bond acceptors (Lipinski definition) is 1. The van der Waals surface area contributed by atoms with Crippen LogP contribution in [0.2, 0.25) is 0 Å². The number of hydrogen-bond donors (Lipinski definition) is 0. The molecule has 0 saturated heterocycles. The van der Waals surface area contributed by atoms with E-state index in [1.807, 2.05) is 12.1 Å². The lowest BCUT2D eigenvalue weighted by Gasteiger charge is -2.27. The lowest BCUT2D eigenvalue weighted by molar-refractivity contribution is 0.314. The van der Waals surface area contributed by atoms with Gasteiger partial charge in [-0.15, -0.1) is 0 Å². The van der Waals surface area contributed by atoms with E-state index in [9.17, 15) is 13.2 Å². The van der Waals surface area contributed by atoms with Crippen LogP contribution in [0.15, 0.2) is 48.6 Å². The third-order valence-corrected chi connectivity index (χ3v) is 7.47. The molecule has 1 aliphatic carbocycles. The molecule has 198 valence electrons. The minimum atomic E-state index is -0.925. The van der Waals surface area contributed by atoms with Crippen LogP contribution in [0.4, 0.5) is 13.2 Å². The van der Waals surface area contributed by atoms with Gasteiger partial charge < -0.3 is 4.74 Å². The van der Waals surface area contributed by atoms with E-state index in [-0.39, 0.29) is 18.0 Å². The van der Waals surface area contributed by atoms with Crippen molar-refractivity contribution in [1.82, 2.24) is 0 Å². The zero-order valence-corrected chi connectivity index (χ0v) is 21.9. The van der Waals surface area contributed by atoms with Crippen molar-refractivity contribution in [2.75, 3.05) is 13.3 Å². The molecular weight excluding hydrogens is 457 g/mol. The first-order valence-corrected chi connectivity index (χ1v) is 14.1. The molecule has 0 bridgehead atoms. The van der Waals surface area contributed by atoms with Crippen molar-refractivity contribution < 1.29 is 17.9 Å². The highest BCUT2D eigenvalue weighted by Crippen LogP contribution is 2.37. The second kappa shape index (κ2) is 15.8. The monoisotopic (exact) mass is 500 g/mol. The molecule has 1 aliphatic rings. The number of halogens is 3. The Balaban J connectivity index is 1.37. The van der Waals surface area contributed by atoms with Crippen molar-refractivity contribution in [3.8, 4) is 16.9 Å². The molecule has 1 fully saturated rings. The Morgan fingerprint density at radius 2 is 1.42 bits per heavy atom. The Morgan fingerprint density at radius 1 is 0.778 bits per heavy atom. The normalized spacial score (nSPS) is 18.1. The van der Waals surface area contributed by atoms with Gasteiger partial charge in [-0.25, -0.2) is 4.39 Å². The van der Waals surface area contributed by atoms with Gasteiger partial charge in [0.05, 0.1) is 13.3 Å². The molecule has 0 unspecified atom stereocenters. The van der Waals surface area contributed by atoms with Crippen molar-refractivity contribution in [2.24, 2.45) is 5.92 Å². The summed E-state index contributed by atoms with van der Waals surface area (Å²) >= 11 is 0. The van der Waals surface area contributed by atoms with Crippen LogP contribution >= 0.6 is 0 Å². The number of rotatable bonds is 15. The molecule has 1 saturated carbocycles. The maximum Gasteiger partial charge on any atom is 0.201 e. The van der Waals surface area contributed by atoms with Crippen molar-refractivity contribution in [3.05, 3.63) is 65.7 Å². The van der Waals surface area contributed by atoms with E-state index in [2.05, 4.69) is 24.3 Å². The van der Waals surface area contributed by atoms with Crippen LogP contribution in [0.3, 0.4) is 0 Å². The predicted molar refractivity (Wildman–Crippen MR) is 144 cm³/mol. The molecule has 2 aromatic carbocycles. The number of alkyl halides is 1. The standard InChI is InChI=1S/C32H43F3O/c1-2-36-30-23-22-29(31(34)32(30)35)28-20-18-27(19-21-28)26-16-14-25(15-17-26)13-11-9-7-5-3-4-6-8-10-12-24-33/h11,13,18-23,25-26H,2-10,12,14-17,24H2,1H3/b13-11-. The fraction of sp³-hybridized carbons (Fsp3) is 0.562. The zero-order chi connectivity index (χ0) is 25.6. The van der Waals surface area contributed by atoms with Crippen LogP contribution in [-0.2, 0) is 0 Å². The fourth-order valence-corrected chi connectivity index (χ4v) is 5.31. The average Bonchev–Trinajstić information content (AvgIpc) is 2.91. The number of ether oxygens (including phenoxy) is 1. The molecule has 0 radical (unpaired) electrons. The van der Waals surface area contributed by atoms with Crippen molar-refractivity contribution in [1.29, 1.82) is 0 Å². The van der Waals surface area contributed by atoms with Crippen LogP contribution in [0, 0.1) is 17.6 Å². The summed E-state index contributed by atoms with van der Waals surface area (Å²) < 4.78 is 46.0. The Bertz CT molecular complexity index is 914. The molecule has 2 aromatic rings. The largest absolute Gasteiger partial charge is 0.491 e. The van der Waals surface area contributed by atoms with Gasteiger partial charge >= 0.3 is 0 Å². The quantitative estimate of drug-likeness (QED) is 0.175. The summed E-state index contributed by atoms with van der Waals surface area (Å²) in [5, 5.41) is 0. The minimum absolute atomic E-state index is 0.0426. The summed E-state index contributed by atoms with van der Waals surface area (Å²) in [4.78, 5) is 0. The van der Waals surface area contributed by atoms with Gasteiger partial charge in [-0.3, -0.25) is 4.39 Å². The second-order valence-electron chi connectivity index (χ2n) is 10.1. The van der Waals surface area contributed by atoms with E-state index in [1.54, 1.807) is 13.0 Å². The second-order valence-corrected chi connectivity index (χ2v) is 10.1. The predicted octanol–water partition coefficient (Wildman–Crippen LogP) is 10.3. The average molecular weight is 501 g/mol. The molecule has 4 heteroatoms. The lowest BCUT2D eigenvalue weighted by Crippen LogP contribution is -2.11. The Hall–Kier alpha value is -2.23. The summed E-state index contributed by atoms with van der Waals surface area (Å²) in [6.07, 6.45) is 20.1. The first-order valence-electron chi connectivity index (χ1n) is 14.1. The van der Waals surface area contributed by atoms with Crippen LogP contribution in [0.5, 0.6) is 5.75 Å². The van der Waals surface area contributed by atoms with Crippen molar-refractivity contribution in [2.45, 2.75) is 96.3 Å². The van der Waals surface area contributed by atoms with Crippen LogP contribution in [-0.4, -0.2) is 13.3 Å². The highest BCUT2D eigenvalue weighted by atomic mass is 19.2. The van der Waals surface area contributed by atoms with Gasteiger partial charge in [0.25, 0.3) is 0 Å². The van der Waals surface area contributed by atoms with E-state index in [1.165, 1.54) is 82.3 Å². The van der Waals surface area contributed by atoms with Gasteiger partial charge in [-0.1, -0.05) is 74.9 Å². The lowest BCUT2D eigenvalue weighted by atomic mass is 9.78. The third-order valence-electron chi connectivity index (χ3n) is 7.47. The molecule has 0 aromatic heterocycles. The van der Waals surface area contributed by atoms with Gasteiger partial charge in [-0.05, 0) is 87.0 Å². The Morgan fingerprint density at radius 3 is 2.06 bits per heavy atom. The van der Waals surface area contributed by atoms with Gasteiger partial charge in [0.1, 0.15) is 0 Å². The number of benzene rings is 2. The Kier molecular flexibility index (Phi) is 12.4. The highest BCUT2D eigenvalue weighted by molar-refractivity contribution is 5.65. The van der Waals surface area contributed by atoms with Crippen molar-refractivity contribution in [3.63, 3.8) is 0 Å². The van der Waals surface area contributed by atoms with Crippen LogP contribution in [0.1, 0.15) is 102 Å². The van der Waals surface area contributed by atoms with E-state index >= 15 is 0 Å². The third kappa shape index (κ3) is 8.71. The first-order chi connectivity index (χ1) is 17.6. The number of allylic oxidation sites excluding steroid dienone is 2. The molecule has 0 atom stereocenters. The van der Waals surface area contributed by atoms with E-state index < -0.39 is 11.6 Å². The SMILES string of the molecule is CCOc1ccc(-c2ccc(C3CCC(/C=C\CCCCCCCCCCF)CC3)cc2)c(F)c1F. The first kappa shape index (κ1) is 28.3. The number of unbranched alkanes of at least 4 members (excludes halogenated alkanes) is 8. The van der Waals surface area contributed by atoms with Crippen LogP contribution < -0.4 is 4.74 Å². The summed E-state index contributed by atoms with van der Waals surface area (Å²) in [7, 11) is 0. The highest BCUT2D eigenvalue weighted by Gasteiger charge is 2.21. The molecule has 36 heavy (non-hydrogen) atoms. The van der Waals surface area contributed by atoms with E-state index in [0.29, 0.717) is 24.0 Å². The molecular formula is C32H43F3O. The summed E-state index contributed by atoms with van der Waals surface area (Å²) in [6, 6.07) is 11.1. The smallest absolute Gasteiger partial charge is 0.201 e. The molecule has 0 N–H and O–H groups in total. The maximum atomic E-state index is 14.6. The van der Waals surface area contributed by atoms with Gasteiger partial charge in [0.15, 0.2) is 11.6 Å². The van der Waals surface area contributed by atoms with Gasteiger partial charge in [-0.2, -0.15) is 4.39 Å². The molecule has 0 spiro atoms. The molecule has 0 heterocycles. The molecule has 1 nitrogen and oxygen atoms in total.